The zero-order chi connectivity index (χ0) is 16.2. The maximum atomic E-state index is 13.6. The van der Waals surface area contributed by atoms with Crippen LogP contribution >= 0.6 is 0 Å². The smallest absolute Gasteiger partial charge is 0.275 e. The van der Waals surface area contributed by atoms with E-state index in [-0.39, 0.29) is 11.7 Å². The quantitative estimate of drug-likeness (QED) is 0.861. The topological polar surface area (TPSA) is 41.5 Å². The van der Waals surface area contributed by atoms with Crippen molar-refractivity contribution in [2.45, 2.75) is 19.8 Å². The van der Waals surface area contributed by atoms with Crippen LogP contribution in [0.2, 0.25) is 0 Å². The monoisotopic (exact) mass is 308 g/mol. The van der Waals surface area contributed by atoms with Gasteiger partial charge in [-0.2, -0.15) is 0 Å². The van der Waals surface area contributed by atoms with Gasteiger partial charge in [-0.3, -0.25) is 4.79 Å². The molecule has 1 heterocycles. The highest BCUT2D eigenvalue weighted by molar-refractivity contribution is 6.14. The predicted octanol–water partition coefficient (Wildman–Crippen LogP) is 3.64. The molecule has 0 spiro atoms. The molecule has 2 aromatic rings. The van der Waals surface area contributed by atoms with E-state index < -0.39 is 0 Å². The molecule has 0 fully saturated rings. The molecule has 0 bridgehead atoms. The zero-order valence-corrected chi connectivity index (χ0v) is 12.8. The predicted molar refractivity (Wildman–Crippen MR) is 89.5 cm³/mol. The summed E-state index contributed by atoms with van der Waals surface area (Å²) in [6.07, 6.45) is 2.78. The van der Waals surface area contributed by atoms with Crippen LogP contribution in [0.15, 0.2) is 59.2 Å². The molecule has 0 atom stereocenters. The number of carbonyl (C=O) groups is 1. The Balaban J connectivity index is 1.74. The van der Waals surface area contributed by atoms with Gasteiger partial charge < -0.3 is 5.32 Å². The minimum Gasteiger partial charge on any atom is -0.309 e. The van der Waals surface area contributed by atoms with Gasteiger partial charge in [-0.05, 0) is 42.2 Å². The van der Waals surface area contributed by atoms with E-state index in [4.69, 9.17) is 0 Å². The van der Waals surface area contributed by atoms with Crippen molar-refractivity contribution >= 4 is 17.8 Å². The van der Waals surface area contributed by atoms with Crippen LogP contribution < -0.4 is 5.32 Å². The van der Waals surface area contributed by atoms with Gasteiger partial charge >= 0.3 is 0 Å². The molecule has 0 aromatic heterocycles. The zero-order valence-electron chi connectivity index (χ0n) is 12.8. The number of benzene rings is 2. The Labute approximate surface area is 134 Å². The molecule has 1 aliphatic rings. The van der Waals surface area contributed by atoms with Crippen LogP contribution in [0, 0.1) is 12.7 Å². The lowest BCUT2D eigenvalue weighted by atomic mass is 10.1. The maximum absolute atomic E-state index is 13.6. The normalized spacial score (nSPS) is 15.7. The van der Waals surface area contributed by atoms with Gasteiger partial charge in [0.1, 0.15) is 17.3 Å². The van der Waals surface area contributed by atoms with E-state index in [0.29, 0.717) is 29.9 Å². The number of nitrogens with zero attached hydrogens (tertiary/aromatic N) is 1. The first-order valence-corrected chi connectivity index (χ1v) is 7.53. The van der Waals surface area contributed by atoms with Crippen molar-refractivity contribution in [3.63, 3.8) is 0 Å². The third kappa shape index (κ3) is 3.54. The van der Waals surface area contributed by atoms with Gasteiger partial charge in [0, 0.05) is 6.42 Å². The number of nitrogens with one attached hydrogen (secondary N) is 1. The molecule has 1 amide bonds. The lowest BCUT2D eigenvalue weighted by Crippen LogP contribution is -2.24. The van der Waals surface area contributed by atoms with Crippen LogP contribution in [-0.2, 0) is 11.2 Å². The molecule has 23 heavy (non-hydrogen) atoms. The molecule has 3 nitrogen and oxygen atoms in total. The van der Waals surface area contributed by atoms with Gasteiger partial charge in [-0.1, -0.05) is 42.5 Å². The Hall–Kier alpha value is -2.75. The largest absolute Gasteiger partial charge is 0.309 e. The first-order valence-electron chi connectivity index (χ1n) is 7.53. The average Bonchev–Trinajstić information content (AvgIpc) is 2.89. The van der Waals surface area contributed by atoms with E-state index in [1.165, 1.54) is 6.07 Å². The molecule has 1 N–H and O–H groups in total. The van der Waals surface area contributed by atoms with E-state index in [9.17, 15) is 9.18 Å². The summed E-state index contributed by atoms with van der Waals surface area (Å²) >= 11 is 0. The fourth-order valence-electron chi connectivity index (χ4n) is 2.49. The van der Waals surface area contributed by atoms with Crippen molar-refractivity contribution in [1.82, 2.24) is 5.32 Å². The highest BCUT2D eigenvalue weighted by Gasteiger charge is 2.20. The Kier molecular flexibility index (Phi) is 4.33. The Morgan fingerprint density at radius 2 is 1.83 bits per heavy atom. The van der Waals surface area contributed by atoms with Crippen LogP contribution in [0.1, 0.15) is 23.1 Å². The summed E-state index contributed by atoms with van der Waals surface area (Å²) in [5.41, 5.74) is 3.07. The summed E-state index contributed by atoms with van der Waals surface area (Å²) in [5, 5.41) is 2.75. The Morgan fingerprint density at radius 3 is 2.61 bits per heavy atom. The second-order valence-electron chi connectivity index (χ2n) is 5.49. The van der Waals surface area contributed by atoms with Gasteiger partial charge in [0.05, 0.1) is 0 Å². The summed E-state index contributed by atoms with van der Waals surface area (Å²) in [6.45, 7) is 1.99. The minimum atomic E-state index is -0.229. The van der Waals surface area contributed by atoms with Crippen LogP contribution in [0.4, 0.5) is 4.39 Å². The number of hydrogen-bond donors (Lipinski definition) is 1. The average molecular weight is 308 g/mol. The minimum absolute atomic E-state index is 0.211. The summed E-state index contributed by atoms with van der Waals surface area (Å²) in [6, 6.07) is 14.5. The number of aliphatic imine (C=N–C) groups is 1. The van der Waals surface area contributed by atoms with Crippen LogP contribution in [-0.4, -0.2) is 11.7 Å². The van der Waals surface area contributed by atoms with E-state index in [0.717, 1.165) is 11.1 Å². The summed E-state index contributed by atoms with van der Waals surface area (Å²) in [7, 11) is 0. The summed E-state index contributed by atoms with van der Waals surface area (Å²) in [5.74, 6) is 0.142. The molecule has 0 saturated carbocycles. The molecule has 3 rings (SSSR count). The molecule has 0 radical (unpaired) electrons. The van der Waals surface area contributed by atoms with Gasteiger partial charge in [0.15, 0.2) is 0 Å². The standard InChI is InChI=1S/C19H17FN2O/c1-13-6-2-3-8-15(13)12-17-19(23)22-18(21-17)11-10-14-7-4-5-9-16(14)20/h2-9,12H,10-11H2,1H3,(H,21,22,23)/b17-12-. The number of hydrogen-bond acceptors (Lipinski definition) is 2. The lowest BCUT2D eigenvalue weighted by molar-refractivity contribution is -0.115. The second kappa shape index (κ2) is 6.57. The summed E-state index contributed by atoms with van der Waals surface area (Å²) in [4.78, 5) is 16.4. The first kappa shape index (κ1) is 15.2. The fourth-order valence-corrected chi connectivity index (χ4v) is 2.49. The van der Waals surface area contributed by atoms with Crippen molar-refractivity contribution < 1.29 is 9.18 Å². The fraction of sp³-hybridized carbons (Fsp3) is 0.158. The van der Waals surface area contributed by atoms with E-state index in [2.05, 4.69) is 10.3 Å². The number of halogens is 1. The van der Waals surface area contributed by atoms with Gasteiger partial charge in [0.2, 0.25) is 0 Å². The lowest BCUT2D eigenvalue weighted by Gasteiger charge is -2.02. The molecular weight excluding hydrogens is 291 g/mol. The molecule has 2 aromatic carbocycles. The molecule has 116 valence electrons. The molecule has 0 saturated heterocycles. The maximum Gasteiger partial charge on any atom is 0.275 e. The second-order valence-corrected chi connectivity index (χ2v) is 5.49. The number of aryl methyl sites for hydroxylation is 2. The molecule has 4 heteroatoms. The van der Waals surface area contributed by atoms with E-state index in [1.54, 1.807) is 24.3 Å². The number of carbonyl (C=O) groups excluding carboxylic acids is 1. The first-order chi connectivity index (χ1) is 11.1. The molecular formula is C19H17FN2O. The van der Waals surface area contributed by atoms with Crippen LogP contribution in [0.3, 0.4) is 0 Å². The SMILES string of the molecule is Cc1ccccc1/C=C1\N=C(CCc2ccccc2F)NC1=O. The summed E-state index contributed by atoms with van der Waals surface area (Å²) < 4.78 is 13.6. The van der Waals surface area contributed by atoms with Gasteiger partial charge in [-0.25, -0.2) is 9.38 Å². The van der Waals surface area contributed by atoms with E-state index in [1.807, 2.05) is 31.2 Å². The van der Waals surface area contributed by atoms with Crippen LogP contribution in [0.5, 0.6) is 0 Å². The number of amides is 1. The van der Waals surface area contributed by atoms with Crippen molar-refractivity contribution in [2.24, 2.45) is 4.99 Å². The molecule has 0 aliphatic carbocycles. The van der Waals surface area contributed by atoms with Crippen molar-refractivity contribution in [3.8, 4) is 0 Å². The third-order valence-electron chi connectivity index (χ3n) is 3.82. The molecule has 1 aliphatic heterocycles. The number of amidine groups is 1. The van der Waals surface area contributed by atoms with Gasteiger partial charge in [-0.15, -0.1) is 0 Å². The Bertz CT molecular complexity index is 809. The van der Waals surface area contributed by atoms with Crippen molar-refractivity contribution in [3.05, 3.63) is 76.7 Å². The number of rotatable bonds is 4. The molecule has 0 unspecified atom stereocenters. The highest BCUT2D eigenvalue weighted by atomic mass is 19.1. The third-order valence-corrected chi connectivity index (χ3v) is 3.82. The van der Waals surface area contributed by atoms with Crippen LogP contribution in [0.25, 0.3) is 6.08 Å². The Morgan fingerprint density at radius 1 is 1.09 bits per heavy atom. The highest BCUT2D eigenvalue weighted by Crippen LogP contribution is 2.17. The van der Waals surface area contributed by atoms with Crippen molar-refractivity contribution in [2.75, 3.05) is 0 Å². The van der Waals surface area contributed by atoms with Crippen molar-refractivity contribution in [1.29, 1.82) is 0 Å². The van der Waals surface area contributed by atoms with Gasteiger partial charge in [0.25, 0.3) is 5.91 Å². The van der Waals surface area contributed by atoms with E-state index >= 15 is 0 Å².